The van der Waals surface area contributed by atoms with E-state index in [1.165, 1.54) is 11.3 Å². The summed E-state index contributed by atoms with van der Waals surface area (Å²) < 4.78 is 6.83. The highest BCUT2D eigenvalue weighted by molar-refractivity contribution is 7.09. The quantitative estimate of drug-likeness (QED) is 0.873. The molecule has 0 saturated heterocycles. The Morgan fingerprint density at radius 2 is 2.00 bits per heavy atom. The van der Waals surface area contributed by atoms with Crippen molar-refractivity contribution in [2.24, 2.45) is 0 Å². The van der Waals surface area contributed by atoms with Crippen LogP contribution in [0.15, 0.2) is 29.1 Å². The first-order valence-electron chi connectivity index (χ1n) is 8.23. The van der Waals surface area contributed by atoms with Gasteiger partial charge in [-0.25, -0.2) is 0 Å². The number of ether oxygens (including phenoxy) is 1. The van der Waals surface area contributed by atoms with Crippen LogP contribution in [0, 0.1) is 0 Å². The van der Waals surface area contributed by atoms with E-state index in [2.05, 4.69) is 5.32 Å². The first kappa shape index (κ1) is 16.9. The Kier molecular flexibility index (Phi) is 5.48. The van der Waals surface area contributed by atoms with Crippen LogP contribution in [0.2, 0.25) is 0 Å². The normalized spacial score (nSPS) is 13.5. The molecule has 1 aliphatic rings. The van der Waals surface area contributed by atoms with E-state index in [0.717, 1.165) is 47.4 Å². The van der Waals surface area contributed by atoms with Crippen molar-refractivity contribution in [3.05, 3.63) is 55.6 Å². The third-order valence-corrected chi connectivity index (χ3v) is 5.42. The number of methoxy groups -OCH3 is 1. The molecule has 2 aromatic rings. The van der Waals surface area contributed by atoms with Crippen LogP contribution in [-0.4, -0.2) is 17.6 Å². The summed E-state index contributed by atoms with van der Waals surface area (Å²) in [5, 5.41) is 2.92. The zero-order chi connectivity index (χ0) is 16.9. The molecule has 1 N–H and O–H groups in total. The number of thiazole rings is 1. The zero-order valence-electron chi connectivity index (χ0n) is 13.8. The first-order valence-corrected chi connectivity index (χ1v) is 9.04. The molecule has 0 saturated carbocycles. The van der Waals surface area contributed by atoms with Crippen molar-refractivity contribution in [3.8, 4) is 0 Å². The smallest absolute Gasteiger partial charge is 0.308 e. The maximum absolute atomic E-state index is 12.3. The summed E-state index contributed by atoms with van der Waals surface area (Å²) in [6.45, 7) is 1.07. The molecule has 3 rings (SSSR count). The van der Waals surface area contributed by atoms with Crippen molar-refractivity contribution >= 4 is 17.2 Å². The van der Waals surface area contributed by atoms with Gasteiger partial charge in [0.25, 0.3) is 0 Å². The molecule has 0 radical (unpaired) electrons. The molecule has 0 spiro atoms. The number of carbonyl (C=O) groups excluding carboxylic acids is 1. The number of hydrogen-bond donors (Lipinski definition) is 1. The molecule has 1 aliphatic carbocycles. The highest BCUT2D eigenvalue weighted by atomic mass is 32.1. The van der Waals surface area contributed by atoms with Crippen molar-refractivity contribution in [2.75, 3.05) is 7.11 Å². The largest absolute Gasteiger partial charge is 0.380 e. The van der Waals surface area contributed by atoms with Gasteiger partial charge in [0, 0.05) is 24.2 Å². The standard InChI is InChI=1S/C18H22N2O3S/c1-23-12-14-7-3-2-6-13(14)10-19-17(21)11-20-15-8-4-5-9-16(15)24-18(20)22/h2-3,6-7H,4-5,8-12H2,1H3,(H,19,21). The number of benzene rings is 1. The summed E-state index contributed by atoms with van der Waals surface area (Å²) in [5.41, 5.74) is 3.16. The van der Waals surface area contributed by atoms with Crippen LogP contribution < -0.4 is 10.2 Å². The van der Waals surface area contributed by atoms with E-state index in [4.69, 9.17) is 4.74 Å². The highest BCUT2D eigenvalue weighted by Crippen LogP contribution is 2.23. The number of nitrogens with zero attached hydrogens (tertiary/aromatic N) is 1. The average molecular weight is 346 g/mol. The predicted molar refractivity (Wildman–Crippen MR) is 94.2 cm³/mol. The third kappa shape index (κ3) is 3.76. The van der Waals surface area contributed by atoms with E-state index in [0.29, 0.717) is 13.2 Å². The lowest BCUT2D eigenvalue weighted by Crippen LogP contribution is -2.31. The van der Waals surface area contributed by atoms with Gasteiger partial charge in [-0.15, -0.1) is 0 Å². The number of aromatic nitrogens is 1. The second-order valence-electron chi connectivity index (χ2n) is 6.01. The summed E-state index contributed by atoms with van der Waals surface area (Å²) in [6.07, 6.45) is 4.09. The van der Waals surface area contributed by atoms with Crippen LogP contribution in [-0.2, 0) is 42.1 Å². The third-order valence-electron chi connectivity index (χ3n) is 4.34. The molecule has 1 aromatic carbocycles. The minimum atomic E-state index is -0.129. The van der Waals surface area contributed by atoms with Crippen LogP contribution in [0.1, 0.15) is 34.5 Å². The monoisotopic (exact) mass is 346 g/mol. The van der Waals surface area contributed by atoms with Crippen molar-refractivity contribution in [1.82, 2.24) is 9.88 Å². The molecule has 128 valence electrons. The van der Waals surface area contributed by atoms with Crippen molar-refractivity contribution in [3.63, 3.8) is 0 Å². The number of carbonyl (C=O) groups is 1. The number of rotatable bonds is 6. The molecule has 6 heteroatoms. The molecule has 0 unspecified atom stereocenters. The van der Waals surface area contributed by atoms with Gasteiger partial charge in [0.05, 0.1) is 6.61 Å². The van der Waals surface area contributed by atoms with E-state index in [1.807, 2.05) is 24.3 Å². The molecule has 0 atom stereocenters. The second-order valence-corrected chi connectivity index (χ2v) is 7.06. The molecule has 1 heterocycles. The first-order chi connectivity index (χ1) is 11.7. The molecular weight excluding hydrogens is 324 g/mol. The van der Waals surface area contributed by atoms with Gasteiger partial charge in [0.15, 0.2) is 0 Å². The van der Waals surface area contributed by atoms with E-state index in [-0.39, 0.29) is 17.3 Å². The minimum absolute atomic E-state index is 0.0168. The molecule has 0 fully saturated rings. The molecule has 0 bridgehead atoms. The SMILES string of the molecule is COCc1ccccc1CNC(=O)Cn1c2c(sc1=O)CCCC2. The summed E-state index contributed by atoms with van der Waals surface area (Å²) in [6, 6.07) is 7.87. The Labute approximate surface area is 145 Å². The molecule has 24 heavy (non-hydrogen) atoms. The summed E-state index contributed by atoms with van der Waals surface area (Å²) in [7, 11) is 1.65. The number of nitrogens with one attached hydrogen (secondary N) is 1. The van der Waals surface area contributed by atoms with E-state index >= 15 is 0 Å². The Morgan fingerprint density at radius 3 is 2.79 bits per heavy atom. The van der Waals surface area contributed by atoms with Crippen LogP contribution >= 0.6 is 11.3 Å². The van der Waals surface area contributed by atoms with Crippen LogP contribution in [0.25, 0.3) is 0 Å². The van der Waals surface area contributed by atoms with Crippen LogP contribution in [0.3, 0.4) is 0 Å². The maximum atomic E-state index is 12.3. The Morgan fingerprint density at radius 1 is 1.25 bits per heavy atom. The van der Waals surface area contributed by atoms with Gasteiger partial charge in [-0.3, -0.25) is 14.2 Å². The van der Waals surface area contributed by atoms with Crippen LogP contribution in [0.5, 0.6) is 0 Å². The number of aryl methyl sites for hydroxylation is 1. The topological polar surface area (TPSA) is 60.3 Å². The molecule has 1 amide bonds. The lowest BCUT2D eigenvalue weighted by Gasteiger charge is -2.14. The van der Waals surface area contributed by atoms with Gasteiger partial charge >= 0.3 is 4.87 Å². The zero-order valence-corrected chi connectivity index (χ0v) is 14.7. The fraction of sp³-hybridized carbons (Fsp3) is 0.444. The summed E-state index contributed by atoms with van der Waals surface area (Å²) in [5.74, 6) is -0.129. The van der Waals surface area contributed by atoms with Crippen molar-refractivity contribution < 1.29 is 9.53 Å². The van der Waals surface area contributed by atoms with Gasteiger partial charge < -0.3 is 10.1 Å². The lowest BCUT2D eigenvalue weighted by atomic mass is 10.0. The fourth-order valence-electron chi connectivity index (χ4n) is 3.11. The maximum Gasteiger partial charge on any atom is 0.308 e. The van der Waals surface area contributed by atoms with Gasteiger partial charge in [-0.1, -0.05) is 35.6 Å². The second kappa shape index (κ2) is 7.77. The molecule has 5 nitrogen and oxygen atoms in total. The number of fused-ring (bicyclic) bond motifs is 1. The number of hydrogen-bond acceptors (Lipinski definition) is 4. The summed E-state index contributed by atoms with van der Waals surface area (Å²) in [4.78, 5) is 25.6. The Bertz CT molecular complexity index is 779. The Balaban J connectivity index is 1.65. The van der Waals surface area contributed by atoms with Crippen LogP contribution in [0.4, 0.5) is 0 Å². The minimum Gasteiger partial charge on any atom is -0.380 e. The van der Waals surface area contributed by atoms with Crippen molar-refractivity contribution in [2.45, 2.75) is 45.4 Å². The van der Waals surface area contributed by atoms with Gasteiger partial charge in [0.1, 0.15) is 6.54 Å². The summed E-state index contributed by atoms with van der Waals surface area (Å²) >= 11 is 1.29. The highest BCUT2D eigenvalue weighted by Gasteiger charge is 2.19. The average Bonchev–Trinajstić information content (AvgIpc) is 2.90. The Hall–Kier alpha value is -1.92. The van der Waals surface area contributed by atoms with Gasteiger partial charge in [-0.2, -0.15) is 0 Å². The van der Waals surface area contributed by atoms with E-state index in [1.54, 1.807) is 11.7 Å². The molecular formula is C18H22N2O3S. The molecule has 1 aromatic heterocycles. The van der Waals surface area contributed by atoms with Gasteiger partial charge in [-0.05, 0) is 36.8 Å². The van der Waals surface area contributed by atoms with Gasteiger partial charge in [0.2, 0.25) is 5.91 Å². The predicted octanol–water partition coefficient (Wildman–Crippen LogP) is 2.25. The number of amides is 1. The fourth-order valence-corrected chi connectivity index (χ4v) is 4.18. The molecule has 0 aliphatic heterocycles. The lowest BCUT2D eigenvalue weighted by molar-refractivity contribution is -0.121. The van der Waals surface area contributed by atoms with E-state index < -0.39 is 0 Å². The van der Waals surface area contributed by atoms with E-state index in [9.17, 15) is 9.59 Å². The van der Waals surface area contributed by atoms with Crippen molar-refractivity contribution in [1.29, 1.82) is 0 Å².